The quantitative estimate of drug-likeness (QED) is 0.0300. The van der Waals surface area contributed by atoms with Gasteiger partial charge in [-0.15, -0.1) is 0 Å². The van der Waals surface area contributed by atoms with Gasteiger partial charge in [0.05, 0.1) is 37.5 Å². The molecular weight excluding hydrogens is 1080 g/mol. The molecule has 4 aromatic carbocycles. The van der Waals surface area contributed by atoms with Gasteiger partial charge in [0, 0.05) is 78.7 Å². The van der Waals surface area contributed by atoms with E-state index in [1.807, 2.05) is 24.3 Å². The van der Waals surface area contributed by atoms with E-state index in [9.17, 15) is 37.4 Å². The Hall–Kier alpha value is -3.38. The molecule has 0 radical (unpaired) electrons. The van der Waals surface area contributed by atoms with Crippen LogP contribution in [0, 0.1) is 44.6 Å². The zero-order valence-corrected chi connectivity index (χ0v) is 46.8. The van der Waals surface area contributed by atoms with Crippen molar-refractivity contribution in [3.8, 4) is 11.5 Å². The van der Waals surface area contributed by atoms with E-state index in [0.717, 1.165) is 74.9 Å². The molecule has 4 aromatic rings. The monoisotopic (exact) mass is 1150 g/mol. The second-order valence-electron chi connectivity index (χ2n) is 19.8. The van der Waals surface area contributed by atoms with Crippen molar-refractivity contribution in [1.82, 2.24) is 21.3 Å². The Morgan fingerprint density at radius 3 is 1.43 bits per heavy atom. The fraction of sp³-hybridized carbons (Fsp3) is 0.481. The van der Waals surface area contributed by atoms with Crippen LogP contribution in [-0.2, 0) is 46.2 Å². The Labute approximate surface area is 433 Å². The van der Waals surface area contributed by atoms with Crippen molar-refractivity contribution in [1.29, 1.82) is 0 Å². The summed E-state index contributed by atoms with van der Waals surface area (Å²) in [5.74, 6) is -1.76. The van der Waals surface area contributed by atoms with Crippen molar-refractivity contribution in [2.45, 2.75) is 124 Å². The van der Waals surface area contributed by atoms with Gasteiger partial charge in [0.1, 0.15) is 34.8 Å². The van der Waals surface area contributed by atoms with E-state index in [2.05, 4.69) is 104 Å². The fourth-order valence-electron chi connectivity index (χ4n) is 7.82. The van der Waals surface area contributed by atoms with E-state index in [-0.39, 0.29) is 60.7 Å². The molecule has 6 atom stereocenters. The number of carbonyl (C=O) groups excluding carboxylic acids is 2. The minimum atomic E-state index is -0.954. The number of benzene rings is 4. The van der Waals surface area contributed by atoms with Crippen LogP contribution in [0.2, 0.25) is 0 Å². The summed E-state index contributed by atoms with van der Waals surface area (Å²) in [6.07, 6.45) is 0.753. The first-order valence-corrected chi connectivity index (χ1v) is 27.9. The van der Waals surface area contributed by atoms with Crippen LogP contribution in [0.5, 0.6) is 11.5 Å². The van der Waals surface area contributed by atoms with E-state index in [1.165, 1.54) is 43.7 Å². The number of halogens is 6. The molecule has 0 unspecified atom stereocenters. The molecule has 2 aliphatic rings. The van der Waals surface area contributed by atoms with Gasteiger partial charge in [-0.05, 0) is 112 Å². The van der Waals surface area contributed by atoms with E-state index in [4.69, 9.17) is 19.2 Å². The summed E-state index contributed by atoms with van der Waals surface area (Å²) in [4.78, 5) is 23.3. The summed E-state index contributed by atoms with van der Waals surface area (Å²) in [6.45, 7) is 20.8. The molecule has 0 aliphatic carbocycles. The van der Waals surface area contributed by atoms with Gasteiger partial charge in [-0.2, -0.15) is 5.41 Å². The summed E-state index contributed by atoms with van der Waals surface area (Å²) >= 11 is 3.08. The van der Waals surface area contributed by atoms with Crippen LogP contribution in [0.1, 0.15) is 108 Å². The number of fused-ring (bicyclic) bond motifs is 2. The van der Waals surface area contributed by atoms with Crippen LogP contribution in [0.25, 0.3) is 0 Å². The number of carbonyl (C=O) groups is 2. The molecule has 10 nitrogen and oxygen atoms in total. The standard InChI is InChI=1S/C26H34F2N2O3.C21H23F2IN2O3.C5H11.ClH.Zn/c1-16(31)30-23(12-18-9-19(27)13-20(28)10-18)24(32)15-29-22-7-8-33-25-6-5-17(11-21(22)25)14-26(2,3)4;1-12(27)26-19(8-13-6-14(22)9-15(23)7-13)20(28)11-25-18-4-5-29-21-3-2-16(24)10-17(18)21;1-5(2,3)4;;/h5-6,9-11,13,22-24,29,32H,7-8,12,14-15H2,1-4H3,(H,30,31);2-3,6-7,9-10,18-20,25,28H,4-5,8,11H2,1H3,(H,26,27);1H2,2-4H3;1H;/q;;-1;;+2/p-1/t22-,23-,24+;18-,19-,20+;;;/m00.../s1. The number of amides is 2. The SMILES string of the molecule is CC(=O)N[C@@H](Cc1cc(F)cc(F)c1)[C@H](O)CN[C@H]1CCOc2ccc(CC(C)(C)C)cc21.CC(=O)N[C@@H](Cc1cc(F)cc(F)c1)[C@H](O)CN[C@H]1CCOc2ccc(I)cc21.[CH2-]C(C)(C)C.[Cl][Zn+]. The Bertz CT molecular complexity index is 2220. The summed E-state index contributed by atoms with van der Waals surface area (Å²) < 4.78 is 66.8. The first-order chi connectivity index (χ1) is 32.3. The molecule has 0 saturated heterocycles. The van der Waals surface area contributed by atoms with Gasteiger partial charge in [-0.1, -0.05) is 53.7 Å². The molecule has 376 valence electrons. The van der Waals surface area contributed by atoms with Crippen LogP contribution in [0.3, 0.4) is 0 Å². The third kappa shape index (κ3) is 22.7. The summed E-state index contributed by atoms with van der Waals surface area (Å²) in [6, 6.07) is 17.2. The molecule has 6 rings (SSSR count). The summed E-state index contributed by atoms with van der Waals surface area (Å²) in [5, 5.41) is 33.7. The second kappa shape index (κ2) is 28.6. The van der Waals surface area contributed by atoms with Crippen molar-refractivity contribution in [2.75, 3.05) is 26.3 Å². The molecular formula is C52H68ClF4IN4O6Zn. The third-order valence-corrected chi connectivity index (χ3v) is 11.1. The van der Waals surface area contributed by atoms with E-state index in [1.54, 1.807) is 0 Å². The predicted octanol–water partition coefficient (Wildman–Crippen LogP) is 9.72. The molecule has 6 N–H and O–H groups in total. The maximum atomic E-state index is 13.6. The number of nitrogens with one attached hydrogen (secondary N) is 4. The summed E-state index contributed by atoms with van der Waals surface area (Å²) in [5.41, 5.74) is 4.45. The zero-order chi connectivity index (χ0) is 51.6. The first kappa shape index (κ1) is 59.9. The molecule has 0 aromatic heterocycles. The maximum absolute atomic E-state index is 13.6. The van der Waals surface area contributed by atoms with Crippen LogP contribution in [0.4, 0.5) is 17.6 Å². The van der Waals surface area contributed by atoms with E-state index < -0.39 is 47.6 Å². The fourth-order valence-corrected chi connectivity index (χ4v) is 8.34. The number of hydrogen-bond acceptors (Lipinski definition) is 8. The molecule has 2 heterocycles. The predicted molar refractivity (Wildman–Crippen MR) is 268 cm³/mol. The number of aliphatic hydroxyl groups excluding tert-OH is 2. The van der Waals surface area contributed by atoms with Gasteiger partial charge in [0.25, 0.3) is 0 Å². The molecule has 0 bridgehead atoms. The summed E-state index contributed by atoms with van der Waals surface area (Å²) in [7, 11) is 4.76. The Morgan fingerprint density at radius 1 is 0.681 bits per heavy atom. The zero-order valence-electron chi connectivity index (χ0n) is 41.0. The molecule has 2 aliphatic heterocycles. The number of ether oxygens (including phenoxy) is 2. The van der Waals surface area contributed by atoms with Gasteiger partial charge >= 0.3 is 27.0 Å². The van der Waals surface area contributed by atoms with Crippen molar-refractivity contribution in [2.24, 2.45) is 10.8 Å². The molecule has 2 amide bonds. The van der Waals surface area contributed by atoms with Crippen molar-refractivity contribution < 1.29 is 64.1 Å². The number of hydrogen-bond donors (Lipinski definition) is 6. The average Bonchev–Trinajstić information content (AvgIpc) is 3.23. The van der Waals surface area contributed by atoms with Crippen LogP contribution in [-0.4, -0.2) is 72.6 Å². The topological polar surface area (TPSA) is 141 Å². The number of aliphatic hydroxyl groups is 2. The van der Waals surface area contributed by atoms with Crippen LogP contribution >= 0.6 is 32.3 Å². The number of rotatable bonds is 15. The molecule has 17 heteroatoms. The molecule has 0 saturated carbocycles. The Morgan fingerprint density at radius 2 is 1.06 bits per heavy atom. The average molecular weight is 1150 g/mol. The Kier molecular flexibility index (Phi) is 24.8. The van der Waals surface area contributed by atoms with Gasteiger partial charge in [0.2, 0.25) is 11.8 Å². The van der Waals surface area contributed by atoms with Crippen molar-refractivity contribution >= 4 is 44.1 Å². The van der Waals surface area contributed by atoms with Crippen LogP contribution < -0.4 is 30.7 Å². The second-order valence-corrected chi connectivity index (χ2v) is 21.0. The van der Waals surface area contributed by atoms with E-state index >= 15 is 0 Å². The van der Waals surface area contributed by atoms with Gasteiger partial charge in [-0.3, -0.25) is 9.59 Å². The first-order valence-electron chi connectivity index (χ1n) is 22.9. The minimum absolute atomic E-state index is 0.00656. The van der Waals surface area contributed by atoms with Crippen molar-refractivity contribution in [3.63, 3.8) is 0 Å². The third-order valence-electron chi connectivity index (χ3n) is 10.5. The normalized spacial score (nSPS) is 16.9. The molecule has 69 heavy (non-hydrogen) atoms. The van der Waals surface area contributed by atoms with Crippen molar-refractivity contribution in [3.05, 3.63) is 134 Å². The molecule has 0 spiro atoms. The Balaban J connectivity index is 0.000000324. The molecule has 0 fully saturated rings. The van der Waals surface area contributed by atoms with Gasteiger partial charge in [0.15, 0.2) is 0 Å². The van der Waals surface area contributed by atoms with Gasteiger partial charge < -0.3 is 47.9 Å². The van der Waals surface area contributed by atoms with Crippen LogP contribution in [0.15, 0.2) is 72.8 Å². The van der Waals surface area contributed by atoms with Gasteiger partial charge in [-0.25, -0.2) is 17.6 Å². The van der Waals surface area contributed by atoms with E-state index in [0.29, 0.717) is 24.3 Å².